The van der Waals surface area contributed by atoms with Gasteiger partial charge in [-0.05, 0) is 12.1 Å². The Kier molecular flexibility index (Phi) is 4.20. The van der Waals surface area contributed by atoms with Crippen LogP contribution in [-0.4, -0.2) is 19.8 Å². The van der Waals surface area contributed by atoms with Gasteiger partial charge in [0, 0.05) is 6.07 Å². The highest BCUT2D eigenvalue weighted by atomic mass is 16.5. The van der Waals surface area contributed by atoms with Crippen molar-refractivity contribution in [1.29, 1.82) is 0 Å². The van der Waals surface area contributed by atoms with Crippen LogP contribution in [0.4, 0.5) is 4.79 Å². The average molecular weight is 223 g/mol. The molecule has 5 heteroatoms. The zero-order valence-electron chi connectivity index (χ0n) is 8.93. The van der Waals surface area contributed by atoms with Gasteiger partial charge in [-0.15, -0.1) is 0 Å². The number of ether oxygens (including phenoxy) is 3. The molecule has 0 radical (unpaired) electrons. The van der Waals surface area contributed by atoms with Crippen molar-refractivity contribution in [3.05, 3.63) is 30.9 Å². The number of hydrogen-bond donors (Lipinski definition) is 1. The van der Waals surface area contributed by atoms with Gasteiger partial charge in [0.25, 0.3) is 0 Å². The van der Waals surface area contributed by atoms with Crippen molar-refractivity contribution in [3.63, 3.8) is 0 Å². The molecular weight excluding hydrogens is 210 g/mol. The van der Waals surface area contributed by atoms with Gasteiger partial charge in [-0.2, -0.15) is 0 Å². The van der Waals surface area contributed by atoms with Crippen molar-refractivity contribution in [1.82, 2.24) is 0 Å². The van der Waals surface area contributed by atoms with Crippen LogP contribution < -0.4 is 19.9 Å². The summed E-state index contributed by atoms with van der Waals surface area (Å²) in [6.45, 7) is 3.90. The number of nitrogens with two attached hydrogens (primary N) is 1. The molecule has 5 nitrogen and oxygen atoms in total. The summed E-state index contributed by atoms with van der Waals surface area (Å²) in [5.41, 5.74) is 4.89. The Balaban J connectivity index is 2.87. The van der Waals surface area contributed by atoms with E-state index in [9.17, 15) is 4.79 Å². The first kappa shape index (κ1) is 11.9. The molecule has 16 heavy (non-hydrogen) atoms. The minimum atomic E-state index is -0.873. The molecule has 0 aromatic heterocycles. The van der Waals surface area contributed by atoms with Crippen molar-refractivity contribution in [2.45, 2.75) is 0 Å². The van der Waals surface area contributed by atoms with Crippen molar-refractivity contribution in [2.75, 3.05) is 13.7 Å². The molecular formula is C11H13NO4. The number of primary amides is 1. The van der Waals surface area contributed by atoms with Crippen molar-refractivity contribution in [3.8, 4) is 17.2 Å². The number of amides is 1. The lowest BCUT2D eigenvalue weighted by atomic mass is 10.3. The van der Waals surface area contributed by atoms with Gasteiger partial charge in [0.15, 0.2) is 11.5 Å². The summed E-state index contributed by atoms with van der Waals surface area (Å²) >= 11 is 0. The van der Waals surface area contributed by atoms with E-state index < -0.39 is 6.09 Å². The molecule has 0 saturated heterocycles. The van der Waals surface area contributed by atoms with E-state index in [0.29, 0.717) is 23.9 Å². The summed E-state index contributed by atoms with van der Waals surface area (Å²) in [5.74, 6) is 1.30. The van der Waals surface area contributed by atoms with Gasteiger partial charge in [0.05, 0.1) is 7.11 Å². The lowest BCUT2D eigenvalue weighted by molar-refractivity contribution is 0.210. The molecule has 0 atom stereocenters. The number of carbonyl (C=O) groups excluding carboxylic acids is 1. The second-order valence-electron chi connectivity index (χ2n) is 2.83. The first-order chi connectivity index (χ1) is 7.67. The number of hydrogen-bond acceptors (Lipinski definition) is 4. The third kappa shape index (κ3) is 3.20. The third-order valence-corrected chi connectivity index (χ3v) is 1.71. The molecule has 0 unspecified atom stereocenters. The molecule has 0 aliphatic heterocycles. The number of benzene rings is 1. The van der Waals surface area contributed by atoms with E-state index in [0.717, 1.165) is 0 Å². The SMILES string of the molecule is C=CCOc1ccc(OC(N)=O)cc1OC. The lowest BCUT2D eigenvalue weighted by Gasteiger charge is -2.10. The largest absolute Gasteiger partial charge is 0.493 e. The molecule has 2 N–H and O–H groups in total. The monoisotopic (exact) mass is 223 g/mol. The molecule has 1 amide bonds. The zero-order valence-corrected chi connectivity index (χ0v) is 8.93. The molecule has 0 aliphatic rings. The lowest BCUT2D eigenvalue weighted by Crippen LogP contribution is -2.16. The topological polar surface area (TPSA) is 70.8 Å². The van der Waals surface area contributed by atoms with E-state index in [2.05, 4.69) is 6.58 Å². The predicted octanol–water partition coefficient (Wildman–Crippen LogP) is 1.72. The Morgan fingerprint density at radius 1 is 1.50 bits per heavy atom. The summed E-state index contributed by atoms with van der Waals surface area (Å²) in [5, 5.41) is 0. The van der Waals surface area contributed by atoms with Crippen LogP contribution in [0.25, 0.3) is 0 Å². The molecule has 1 aromatic rings. The van der Waals surface area contributed by atoms with E-state index >= 15 is 0 Å². The Bertz CT molecular complexity index is 390. The zero-order chi connectivity index (χ0) is 12.0. The second kappa shape index (κ2) is 5.65. The summed E-state index contributed by atoms with van der Waals surface area (Å²) in [7, 11) is 1.49. The summed E-state index contributed by atoms with van der Waals surface area (Å²) in [6.07, 6.45) is 0.745. The second-order valence-corrected chi connectivity index (χ2v) is 2.83. The molecule has 1 aromatic carbocycles. The van der Waals surface area contributed by atoms with Crippen LogP contribution in [0.15, 0.2) is 30.9 Å². The minimum Gasteiger partial charge on any atom is -0.493 e. The van der Waals surface area contributed by atoms with Gasteiger partial charge in [-0.25, -0.2) is 4.79 Å². The maximum Gasteiger partial charge on any atom is 0.409 e. The van der Waals surface area contributed by atoms with Crippen molar-refractivity contribution < 1.29 is 19.0 Å². The van der Waals surface area contributed by atoms with Crippen LogP contribution in [0, 0.1) is 0 Å². The average Bonchev–Trinajstić information content (AvgIpc) is 2.26. The van der Waals surface area contributed by atoms with Gasteiger partial charge in [0.1, 0.15) is 12.4 Å². The van der Waals surface area contributed by atoms with Crippen molar-refractivity contribution in [2.24, 2.45) is 5.73 Å². The van der Waals surface area contributed by atoms with Crippen LogP contribution >= 0.6 is 0 Å². The molecule has 86 valence electrons. The quantitative estimate of drug-likeness (QED) is 0.771. The fourth-order valence-corrected chi connectivity index (χ4v) is 1.10. The first-order valence-electron chi connectivity index (χ1n) is 4.56. The molecule has 1 rings (SSSR count). The molecule has 0 spiro atoms. The van der Waals surface area contributed by atoms with Crippen LogP contribution in [-0.2, 0) is 0 Å². The van der Waals surface area contributed by atoms with Crippen molar-refractivity contribution >= 4 is 6.09 Å². The van der Waals surface area contributed by atoms with E-state index in [1.165, 1.54) is 13.2 Å². The normalized spacial score (nSPS) is 9.31. The van der Waals surface area contributed by atoms with Gasteiger partial charge < -0.3 is 19.9 Å². The van der Waals surface area contributed by atoms with Crippen LogP contribution in [0.5, 0.6) is 17.2 Å². The van der Waals surface area contributed by atoms with Gasteiger partial charge in [-0.3, -0.25) is 0 Å². The highest BCUT2D eigenvalue weighted by molar-refractivity contribution is 5.68. The smallest absolute Gasteiger partial charge is 0.409 e. The summed E-state index contributed by atoms with van der Waals surface area (Å²) in [4.78, 5) is 10.5. The fraction of sp³-hybridized carbons (Fsp3) is 0.182. The van der Waals surface area contributed by atoms with E-state index in [4.69, 9.17) is 19.9 Å². The highest BCUT2D eigenvalue weighted by Crippen LogP contribution is 2.31. The Morgan fingerprint density at radius 2 is 2.25 bits per heavy atom. The maximum atomic E-state index is 10.5. The standard InChI is InChI=1S/C11H13NO4/c1-3-6-15-9-5-4-8(16-11(12)13)7-10(9)14-2/h3-5,7H,1,6H2,2H3,(H2,12,13). The molecule has 0 aliphatic carbocycles. The Labute approximate surface area is 93.4 Å². The van der Waals surface area contributed by atoms with E-state index in [1.54, 1.807) is 18.2 Å². The number of rotatable bonds is 5. The maximum absolute atomic E-state index is 10.5. The van der Waals surface area contributed by atoms with Gasteiger partial charge >= 0.3 is 6.09 Å². The van der Waals surface area contributed by atoms with Gasteiger partial charge in [-0.1, -0.05) is 12.7 Å². The number of methoxy groups -OCH3 is 1. The van der Waals surface area contributed by atoms with Crippen LogP contribution in [0.2, 0.25) is 0 Å². The van der Waals surface area contributed by atoms with Crippen LogP contribution in [0.1, 0.15) is 0 Å². The summed E-state index contributed by atoms with van der Waals surface area (Å²) < 4.78 is 15.1. The third-order valence-electron chi connectivity index (χ3n) is 1.71. The van der Waals surface area contributed by atoms with E-state index in [1.807, 2.05) is 0 Å². The Hall–Kier alpha value is -2.17. The van der Waals surface area contributed by atoms with E-state index in [-0.39, 0.29) is 0 Å². The van der Waals surface area contributed by atoms with Crippen LogP contribution in [0.3, 0.4) is 0 Å². The molecule has 0 saturated carbocycles. The minimum absolute atomic E-state index is 0.301. The highest BCUT2D eigenvalue weighted by Gasteiger charge is 2.07. The fourth-order valence-electron chi connectivity index (χ4n) is 1.10. The molecule has 0 fully saturated rings. The number of carbonyl (C=O) groups is 1. The first-order valence-corrected chi connectivity index (χ1v) is 4.56. The molecule has 0 heterocycles. The predicted molar refractivity (Wildman–Crippen MR) is 58.9 cm³/mol. The Morgan fingerprint density at radius 3 is 2.81 bits per heavy atom. The summed E-state index contributed by atoms with van der Waals surface area (Å²) in [6, 6.07) is 4.70. The molecule has 0 bridgehead atoms. The van der Waals surface area contributed by atoms with Gasteiger partial charge in [0.2, 0.25) is 0 Å².